The number of nitrogens with one attached hydrogen (secondary N) is 1. The van der Waals surface area contributed by atoms with Gasteiger partial charge in [0.2, 0.25) is 0 Å². The highest BCUT2D eigenvalue weighted by Gasteiger charge is 2.30. The Balaban J connectivity index is 2.50. The maximum absolute atomic E-state index is 12.4. The summed E-state index contributed by atoms with van der Waals surface area (Å²) >= 11 is 0. The van der Waals surface area contributed by atoms with E-state index < -0.39 is 5.97 Å². The highest BCUT2D eigenvalue weighted by atomic mass is 16.5. The Bertz CT molecular complexity index is 369. The smallest absolute Gasteiger partial charge is 0.317 e. The van der Waals surface area contributed by atoms with Gasteiger partial charge in [-0.15, -0.1) is 0 Å². The molecule has 0 aromatic rings. The van der Waals surface area contributed by atoms with Gasteiger partial charge in [-0.25, -0.2) is 4.79 Å². The second-order valence-corrected chi connectivity index (χ2v) is 6.53. The Morgan fingerprint density at radius 2 is 2.10 bits per heavy atom. The maximum Gasteiger partial charge on any atom is 0.317 e. The summed E-state index contributed by atoms with van der Waals surface area (Å²) in [5.74, 6) is -0.828. The van der Waals surface area contributed by atoms with Crippen LogP contribution in [0, 0.1) is 0 Å². The molecular weight excluding hydrogens is 272 g/mol. The summed E-state index contributed by atoms with van der Waals surface area (Å²) in [7, 11) is 0. The van der Waals surface area contributed by atoms with Crippen molar-refractivity contribution in [3.63, 3.8) is 0 Å². The molecule has 1 fully saturated rings. The van der Waals surface area contributed by atoms with Gasteiger partial charge in [-0.3, -0.25) is 4.79 Å². The standard InChI is InChI=1S/C15H28N2O4/c1-11(2)17(8-5-6-13(18)19)14(20)16-12-7-9-21-15(3,4)10-12/h11-12H,5-10H2,1-4H3,(H,16,20)(H,18,19). The molecule has 1 aliphatic heterocycles. The van der Waals surface area contributed by atoms with Gasteiger partial charge in [0.05, 0.1) is 5.60 Å². The molecule has 0 aromatic carbocycles. The lowest BCUT2D eigenvalue weighted by Crippen LogP contribution is -2.52. The van der Waals surface area contributed by atoms with Crippen molar-refractivity contribution in [2.75, 3.05) is 13.2 Å². The third-order valence-corrected chi connectivity index (χ3v) is 3.70. The number of carboxylic acid groups (broad SMARTS) is 1. The molecule has 1 atom stereocenters. The second-order valence-electron chi connectivity index (χ2n) is 6.53. The highest BCUT2D eigenvalue weighted by Crippen LogP contribution is 2.24. The summed E-state index contributed by atoms with van der Waals surface area (Å²) < 4.78 is 5.65. The van der Waals surface area contributed by atoms with Crippen molar-refractivity contribution in [2.24, 2.45) is 0 Å². The predicted octanol–water partition coefficient (Wildman–Crippen LogP) is 2.23. The minimum atomic E-state index is -0.828. The van der Waals surface area contributed by atoms with Crippen LogP contribution in [0.3, 0.4) is 0 Å². The Kier molecular flexibility index (Phi) is 6.45. The minimum Gasteiger partial charge on any atom is -0.481 e. The fourth-order valence-electron chi connectivity index (χ4n) is 2.61. The molecule has 0 aliphatic carbocycles. The van der Waals surface area contributed by atoms with Crippen molar-refractivity contribution in [1.82, 2.24) is 10.2 Å². The Morgan fingerprint density at radius 1 is 1.43 bits per heavy atom. The van der Waals surface area contributed by atoms with Crippen LogP contribution >= 0.6 is 0 Å². The predicted molar refractivity (Wildman–Crippen MR) is 80.3 cm³/mol. The number of hydrogen-bond donors (Lipinski definition) is 2. The number of rotatable bonds is 6. The average Bonchev–Trinajstić information content (AvgIpc) is 2.32. The quantitative estimate of drug-likeness (QED) is 0.788. The lowest BCUT2D eigenvalue weighted by Gasteiger charge is -2.37. The van der Waals surface area contributed by atoms with Crippen molar-refractivity contribution in [3.8, 4) is 0 Å². The molecule has 1 rings (SSSR count). The lowest BCUT2D eigenvalue weighted by atomic mass is 9.94. The van der Waals surface area contributed by atoms with Crippen LogP contribution in [0.15, 0.2) is 0 Å². The Morgan fingerprint density at radius 3 is 2.62 bits per heavy atom. The van der Waals surface area contributed by atoms with Crippen LogP contribution in [-0.2, 0) is 9.53 Å². The van der Waals surface area contributed by atoms with Gasteiger partial charge in [-0.05, 0) is 47.0 Å². The first-order valence-corrected chi connectivity index (χ1v) is 7.64. The fraction of sp³-hybridized carbons (Fsp3) is 0.867. The van der Waals surface area contributed by atoms with E-state index in [2.05, 4.69) is 5.32 Å². The normalized spacial score (nSPS) is 21.1. The number of urea groups is 1. The van der Waals surface area contributed by atoms with Crippen molar-refractivity contribution in [1.29, 1.82) is 0 Å². The van der Waals surface area contributed by atoms with E-state index in [1.807, 2.05) is 27.7 Å². The summed E-state index contributed by atoms with van der Waals surface area (Å²) in [4.78, 5) is 24.6. The SMILES string of the molecule is CC(C)N(CCCC(=O)O)C(=O)NC1CCOC(C)(C)C1. The van der Waals surface area contributed by atoms with E-state index in [4.69, 9.17) is 9.84 Å². The highest BCUT2D eigenvalue weighted by molar-refractivity contribution is 5.75. The maximum atomic E-state index is 12.4. The third kappa shape index (κ3) is 6.33. The molecule has 1 unspecified atom stereocenters. The van der Waals surface area contributed by atoms with Gasteiger partial charge < -0.3 is 20.1 Å². The van der Waals surface area contributed by atoms with Gasteiger partial charge in [0.25, 0.3) is 0 Å². The third-order valence-electron chi connectivity index (χ3n) is 3.70. The summed E-state index contributed by atoms with van der Waals surface area (Å²) in [6.45, 7) is 9.04. The first kappa shape index (κ1) is 17.8. The summed E-state index contributed by atoms with van der Waals surface area (Å²) in [5, 5.41) is 11.7. The zero-order valence-corrected chi connectivity index (χ0v) is 13.5. The number of hydrogen-bond acceptors (Lipinski definition) is 3. The Hall–Kier alpha value is -1.30. The van der Waals surface area contributed by atoms with Crippen LogP contribution < -0.4 is 5.32 Å². The molecule has 1 aliphatic rings. The van der Waals surface area contributed by atoms with Crippen LogP contribution in [0.5, 0.6) is 0 Å². The van der Waals surface area contributed by atoms with E-state index in [9.17, 15) is 9.59 Å². The summed E-state index contributed by atoms with van der Waals surface area (Å²) in [6, 6.07) is 0.0479. The molecule has 1 saturated heterocycles. The van der Waals surface area contributed by atoms with Gasteiger partial charge in [-0.2, -0.15) is 0 Å². The Labute approximate surface area is 126 Å². The van der Waals surface area contributed by atoms with Gasteiger partial charge in [0.15, 0.2) is 0 Å². The lowest BCUT2D eigenvalue weighted by molar-refractivity contribution is -0.137. The number of carbonyl (C=O) groups excluding carboxylic acids is 1. The fourth-order valence-corrected chi connectivity index (χ4v) is 2.61. The first-order valence-electron chi connectivity index (χ1n) is 7.64. The molecule has 6 heteroatoms. The molecule has 1 heterocycles. The van der Waals surface area contributed by atoms with Gasteiger partial charge in [0.1, 0.15) is 0 Å². The number of aliphatic carboxylic acids is 1. The molecule has 2 N–H and O–H groups in total. The van der Waals surface area contributed by atoms with Crippen LogP contribution in [0.25, 0.3) is 0 Å². The van der Waals surface area contributed by atoms with E-state index in [1.165, 1.54) is 0 Å². The summed E-state index contributed by atoms with van der Waals surface area (Å²) in [6.07, 6.45) is 2.16. The van der Waals surface area contributed by atoms with E-state index in [0.29, 0.717) is 19.6 Å². The number of nitrogens with zero attached hydrogens (tertiary/aromatic N) is 1. The number of amides is 2. The zero-order valence-electron chi connectivity index (χ0n) is 13.5. The molecule has 0 bridgehead atoms. The zero-order chi connectivity index (χ0) is 16.0. The topological polar surface area (TPSA) is 78.9 Å². The van der Waals surface area contributed by atoms with Crippen molar-refractivity contribution >= 4 is 12.0 Å². The van der Waals surface area contributed by atoms with E-state index in [0.717, 1.165) is 12.8 Å². The van der Waals surface area contributed by atoms with E-state index in [-0.39, 0.29) is 30.1 Å². The second kappa shape index (κ2) is 7.64. The molecule has 0 aromatic heterocycles. The van der Waals surface area contributed by atoms with E-state index >= 15 is 0 Å². The van der Waals surface area contributed by atoms with Crippen molar-refractivity contribution in [3.05, 3.63) is 0 Å². The molecule has 2 amide bonds. The average molecular weight is 300 g/mol. The van der Waals surface area contributed by atoms with Gasteiger partial charge >= 0.3 is 12.0 Å². The van der Waals surface area contributed by atoms with Crippen molar-refractivity contribution < 1.29 is 19.4 Å². The van der Waals surface area contributed by atoms with Crippen molar-refractivity contribution in [2.45, 2.75) is 71.1 Å². The van der Waals surface area contributed by atoms with Crippen LogP contribution in [0.4, 0.5) is 4.79 Å². The minimum absolute atomic E-state index is 0.0478. The number of ether oxygens (including phenoxy) is 1. The molecular formula is C15H28N2O4. The molecule has 21 heavy (non-hydrogen) atoms. The molecule has 122 valence electrons. The monoisotopic (exact) mass is 300 g/mol. The first-order chi connectivity index (χ1) is 9.71. The summed E-state index contributed by atoms with van der Waals surface area (Å²) in [5.41, 5.74) is -0.206. The van der Waals surface area contributed by atoms with Crippen LogP contribution in [0.1, 0.15) is 53.4 Å². The number of carbonyl (C=O) groups is 2. The number of carboxylic acids is 1. The van der Waals surface area contributed by atoms with E-state index in [1.54, 1.807) is 4.90 Å². The molecule has 0 saturated carbocycles. The van der Waals surface area contributed by atoms with Crippen LogP contribution in [-0.4, -0.2) is 52.8 Å². The molecule has 0 spiro atoms. The van der Waals surface area contributed by atoms with Gasteiger partial charge in [-0.1, -0.05) is 0 Å². The van der Waals surface area contributed by atoms with Gasteiger partial charge in [0, 0.05) is 31.7 Å². The largest absolute Gasteiger partial charge is 0.481 e. The molecule has 0 radical (unpaired) electrons. The van der Waals surface area contributed by atoms with Crippen LogP contribution in [0.2, 0.25) is 0 Å². The molecule has 6 nitrogen and oxygen atoms in total.